The van der Waals surface area contributed by atoms with Crippen molar-refractivity contribution in [3.63, 3.8) is 0 Å². The Morgan fingerprint density at radius 3 is 2.45 bits per heavy atom. The maximum Gasteiger partial charge on any atom is 1.00 e. The van der Waals surface area contributed by atoms with Gasteiger partial charge in [0.1, 0.15) is 5.52 Å². The molecule has 100 valence electrons. The van der Waals surface area contributed by atoms with Gasteiger partial charge in [-0.2, -0.15) is 0 Å². The van der Waals surface area contributed by atoms with Crippen molar-refractivity contribution in [2.24, 2.45) is 0 Å². The molecule has 0 amide bonds. The summed E-state index contributed by atoms with van der Waals surface area (Å²) in [6, 6.07) is 19.1. The molecule has 2 aromatic heterocycles. The molecule has 4 heteroatoms. The number of nitrogens with zero attached hydrogens (tertiary/aromatic N) is 1. The van der Waals surface area contributed by atoms with Gasteiger partial charge in [-0.05, 0) is 24.3 Å². The summed E-state index contributed by atoms with van der Waals surface area (Å²) in [5.41, 5.74) is 3.35. The van der Waals surface area contributed by atoms with E-state index in [1.54, 1.807) is 18.3 Å². The van der Waals surface area contributed by atoms with Crippen LogP contribution in [0.3, 0.4) is 0 Å². The Hall–Kier alpha value is -0.888. The average molecular weight is 405 g/mol. The van der Waals surface area contributed by atoms with Crippen LogP contribution in [0.15, 0.2) is 66.9 Å². The monoisotopic (exact) mass is 405 g/mol. The smallest absolute Gasteiger partial charge is 0.872 e. The molecule has 1 N–H and O–H groups in total. The first-order chi connectivity index (χ1) is 10.3. The topological polar surface area (TPSA) is 50.1 Å². The van der Waals surface area contributed by atoms with E-state index in [1.165, 1.54) is 0 Å². The number of hydrogen-bond acceptors (Lipinski definition) is 2. The number of pyridine rings is 2. The Kier molecular flexibility index (Phi) is 4.87. The van der Waals surface area contributed by atoms with Crippen LogP contribution >= 0.6 is 0 Å². The SMILES string of the molecule is [Cs+].[O-]c1ccccc1-c1ccc2ccc3cccnc3c2[nH+]1. The molecule has 0 unspecified atom stereocenters. The summed E-state index contributed by atoms with van der Waals surface area (Å²) < 4.78 is 0. The van der Waals surface area contributed by atoms with E-state index in [1.807, 2.05) is 36.4 Å². The molecular formula is C18H12CsN2O+. The molecule has 2 heterocycles. The fourth-order valence-corrected chi connectivity index (χ4v) is 2.63. The van der Waals surface area contributed by atoms with Crippen molar-refractivity contribution < 1.29 is 79.0 Å². The van der Waals surface area contributed by atoms with Crippen molar-refractivity contribution >= 4 is 21.8 Å². The van der Waals surface area contributed by atoms with Crippen LogP contribution in [0.1, 0.15) is 0 Å². The summed E-state index contributed by atoms with van der Waals surface area (Å²) in [4.78, 5) is 7.82. The summed E-state index contributed by atoms with van der Waals surface area (Å²) in [5.74, 6) is 0.0151. The molecule has 0 fully saturated rings. The number of aromatic nitrogens is 2. The van der Waals surface area contributed by atoms with Gasteiger partial charge < -0.3 is 5.11 Å². The van der Waals surface area contributed by atoms with Gasteiger partial charge in [0.15, 0.2) is 0 Å². The van der Waals surface area contributed by atoms with Crippen molar-refractivity contribution in [1.82, 2.24) is 4.98 Å². The van der Waals surface area contributed by atoms with Crippen LogP contribution in [0.5, 0.6) is 5.75 Å². The molecule has 0 aliphatic rings. The number of H-pyrrole nitrogens is 1. The molecule has 22 heavy (non-hydrogen) atoms. The number of rotatable bonds is 1. The second kappa shape index (κ2) is 6.70. The Labute approximate surface area is 186 Å². The standard InChI is InChI=1S/C18H12N2O.Cs/c21-16-6-2-1-5-14(16)15-10-9-13-8-7-12-4-3-11-19-17(12)18(13)20-15;/h1-11,21H;/q;+1. The molecule has 0 aliphatic heterocycles. The van der Waals surface area contributed by atoms with E-state index in [-0.39, 0.29) is 74.6 Å². The predicted molar refractivity (Wildman–Crippen MR) is 80.7 cm³/mol. The van der Waals surface area contributed by atoms with E-state index in [0.717, 1.165) is 27.5 Å². The largest absolute Gasteiger partial charge is 1.00 e. The summed E-state index contributed by atoms with van der Waals surface area (Å²) >= 11 is 0. The van der Waals surface area contributed by atoms with E-state index < -0.39 is 0 Å². The van der Waals surface area contributed by atoms with Gasteiger partial charge in [-0.3, -0.25) is 0 Å². The van der Waals surface area contributed by atoms with E-state index in [2.05, 4.69) is 22.1 Å². The van der Waals surface area contributed by atoms with E-state index >= 15 is 0 Å². The zero-order chi connectivity index (χ0) is 14.2. The minimum Gasteiger partial charge on any atom is -0.872 e. The van der Waals surface area contributed by atoms with Gasteiger partial charge in [0.25, 0.3) is 0 Å². The predicted octanol–water partition coefficient (Wildman–Crippen LogP) is -0.0533. The molecule has 0 spiro atoms. The van der Waals surface area contributed by atoms with E-state index in [4.69, 9.17) is 0 Å². The molecule has 3 nitrogen and oxygen atoms in total. The van der Waals surface area contributed by atoms with Gasteiger partial charge in [0.05, 0.1) is 0 Å². The van der Waals surface area contributed by atoms with Gasteiger partial charge in [-0.25, -0.2) is 9.97 Å². The van der Waals surface area contributed by atoms with Crippen molar-refractivity contribution in [2.75, 3.05) is 0 Å². The molecular weight excluding hydrogens is 393 g/mol. The summed E-state index contributed by atoms with van der Waals surface area (Å²) in [7, 11) is 0. The summed E-state index contributed by atoms with van der Waals surface area (Å²) in [6.07, 6.45) is 1.78. The normalized spacial score (nSPS) is 10.5. The first-order valence-corrected chi connectivity index (χ1v) is 6.79. The zero-order valence-electron chi connectivity index (χ0n) is 12.2. The molecule has 0 saturated carbocycles. The van der Waals surface area contributed by atoms with Crippen molar-refractivity contribution in [3.8, 4) is 17.0 Å². The van der Waals surface area contributed by atoms with Gasteiger partial charge in [-0.15, -0.1) is 0 Å². The molecule has 0 atom stereocenters. The summed E-state index contributed by atoms with van der Waals surface area (Å²) in [6.45, 7) is 0. The first kappa shape index (κ1) is 16.0. The van der Waals surface area contributed by atoms with Gasteiger partial charge in [-0.1, -0.05) is 36.1 Å². The van der Waals surface area contributed by atoms with Crippen LogP contribution in [0.2, 0.25) is 0 Å². The van der Waals surface area contributed by atoms with Crippen LogP contribution in [0.25, 0.3) is 33.1 Å². The molecule has 4 rings (SSSR count). The maximum absolute atomic E-state index is 12.0. The minimum absolute atomic E-state index is 0. The number of hydrogen-bond donors (Lipinski definition) is 0. The third-order valence-corrected chi connectivity index (χ3v) is 3.67. The Bertz CT molecular complexity index is 969. The van der Waals surface area contributed by atoms with E-state index in [0.29, 0.717) is 5.56 Å². The van der Waals surface area contributed by atoms with Crippen molar-refractivity contribution in [3.05, 3.63) is 66.9 Å². The molecule has 0 saturated heterocycles. The van der Waals surface area contributed by atoms with Crippen molar-refractivity contribution in [1.29, 1.82) is 0 Å². The Morgan fingerprint density at radius 2 is 1.59 bits per heavy atom. The van der Waals surface area contributed by atoms with Gasteiger partial charge in [0, 0.05) is 28.6 Å². The van der Waals surface area contributed by atoms with Crippen molar-refractivity contribution in [2.45, 2.75) is 0 Å². The fourth-order valence-electron chi connectivity index (χ4n) is 2.63. The summed E-state index contributed by atoms with van der Waals surface area (Å²) in [5, 5.41) is 14.1. The number of benzene rings is 2. The number of aromatic amines is 1. The van der Waals surface area contributed by atoms with Gasteiger partial charge in [0.2, 0.25) is 11.2 Å². The zero-order valence-corrected chi connectivity index (χ0v) is 18.5. The second-order valence-corrected chi connectivity index (χ2v) is 4.97. The Balaban J connectivity index is 0.00000144. The molecule has 0 bridgehead atoms. The number of fused-ring (bicyclic) bond motifs is 3. The molecule has 2 aromatic carbocycles. The first-order valence-electron chi connectivity index (χ1n) is 6.79. The minimum atomic E-state index is 0. The third kappa shape index (κ3) is 2.82. The van der Waals surface area contributed by atoms with Crippen LogP contribution in [-0.2, 0) is 0 Å². The number of para-hydroxylation sites is 1. The van der Waals surface area contributed by atoms with Crippen LogP contribution < -0.4 is 79.0 Å². The van der Waals surface area contributed by atoms with E-state index in [9.17, 15) is 5.11 Å². The van der Waals surface area contributed by atoms with Crippen LogP contribution in [-0.4, -0.2) is 4.98 Å². The van der Waals surface area contributed by atoms with Crippen LogP contribution in [0.4, 0.5) is 0 Å². The fraction of sp³-hybridized carbons (Fsp3) is 0. The molecule has 0 aliphatic carbocycles. The maximum atomic E-state index is 12.0. The molecule has 4 aromatic rings. The quantitative estimate of drug-likeness (QED) is 0.417. The van der Waals surface area contributed by atoms with Gasteiger partial charge >= 0.3 is 68.9 Å². The Morgan fingerprint density at radius 1 is 0.818 bits per heavy atom. The second-order valence-electron chi connectivity index (χ2n) is 4.97. The molecule has 0 radical (unpaired) electrons. The van der Waals surface area contributed by atoms with Crippen LogP contribution in [0, 0.1) is 0 Å². The number of nitrogens with one attached hydrogen (secondary N) is 1. The third-order valence-electron chi connectivity index (χ3n) is 3.67. The average Bonchev–Trinajstić information content (AvgIpc) is 2.55.